The lowest BCUT2D eigenvalue weighted by molar-refractivity contribution is -0.143. The first-order valence-electron chi connectivity index (χ1n) is 27.5. The van der Waals surface area contributed by atoms with Crippen molar-refractivity contribution in [2.24, 2.45) is 0 Å². The van der Waals surface area contributed by atoms with E-state index in [2.05, 4.69) is 19.2 Å². The van der Waals surface area contributed by atoms with Gasteiger partial charge in [-0.15, -0.1) is 0 Å². The molecular weight excluding hydrogens is 755 g/mol. The van der Waals surface area contributed by atoms with Crippen molar-refractivity contribution in [1.82, 2.24) is 5.32 Å². The predicted molar refractivity (Wildman–Crippen MR) is 264 cm³/mol. The van der Waals surface area contributed by atoms with Crippen LogP contribution in [-0.4, -0.2) is 47.4 Å². The summed E-state index contributed by atoms with van der Waals surface area (Å²) in [5, 5.41) is 23.1. The highest BCUT2D eigenvalue weighted by Crippen LogP contribution is 2.17. The molecule has 6 nitrogen and oxygen atoms in total. The quantitative estimate of drug-likeness (QED) is 0.0322. The van der Waals surface area contributed by atoms with Gasteiger partial charge in [0.05, 0.1) is 25.4 Å². The molecule has 0 aromatic carbocycles. The van der Waals surface area contributed by atoms with Gasteiger partial charge < -0.3 is 20.3 Å². The van der Waals surface area contributed by atoms with Gasteiger partial charge in [0.15, 0.2) is 0 Å². The van der Waals surface area contributed by atoms with Gasteiger partial charge in [-0.3, -0.25) is 9.59 Å². The average molecular weight is 862 g/mol. The van der Waals surface area contributed by atoms with Gasteiger partial charge in [0.1, 0.15) is 0 Å². The molecule has 0 saturated carbocycles. The molecule has 3 N–H and O–H groups in total. The smallest absolute Gasteiger partial charge is 0.305 e. The minimum absolute atomic E-state index is 0.0232. The van der Waals surface area contributed by atoms with E-state index < -0.39 is 12.1 Å². The molecule has 0 aliphatic rings. The van der Waals surface area contributed by atoms with Crippen LogP contribution in [-0.2, 0) is 14.3 Å². The van der Waals surface area contributed by atoms with Gasteiger partial charge in [-0.05, 0) is 32.1 Å². The van der Waals surface area contributed by atoms with Crippen molar-refractivity contribution in [1.29, 1.82) is 0 Å². The lowest BCUT2D eigenvalue weighted by Crippen LogP contribution is -2.45. The molecule has 61 heavy (non-hydrogen) atoms. The number of nitrogens with one attached hydrogen (secondary N) is 1. The number of unbranched alkanes of at least 4 members (excludes halogenated alkanes) is 40. The summed E-state index contributed by atoms with van der Waals surface area (Å²) < 4.78 is 5.46. The van der Waals surface area contributed by atoms with E-state index in [0.29, 0.717) is 19.4 Å². The van der Waals surface area contributed by atoms with Crippen LogP contribution in [0.1, 0.15) is 303 Å². The normalized spacial score (nSPS) is 12.7. The molecule has 0 aromatic heterocycles. The van der Waals surface area contributed by atoms with Crippen molar-refractivity contribution < 1.29 is 24.5 Å². The first kappa shape index (κ1) is 59.6. The fourth-order valence-electron chi connectivity index (χ4n) is 8.58. The Bertz CT molecular complexity index is 909. The van der Waals surface area contributed by atoms with E-state index in [1.54, 1.807) is 6.08 Å². The van der Waals surface area contributed by atoms with Crippen molar-refractivity contribution in [3.05, 3.63) is 12.2 Å². The topological polar surface area (TPSA) is 95.9 Å². The molecule has 2 atom stereocenters. The highest BCUT2D eigenvalue weighted by Gasteiger charge is 2.18. The van der Waals surface area contributed by atoms with E-state index in [1.165, 1.54) is 218 Å². The van der Waals surface area contributed by atoms with E-state index in [-0.39, 0.29) is 18.5 Å². The average Bonchev–Trinajstić information content (AvgIpc) is 3.26. The molecule has 6 heteroatoms. The minimum Gasteiger partial charge on any atom is -0.466 e. The van der Waals surface area contributed by atoms with Crippen LogP contribution >= 0.6 is 0 Å². The fraction of sp³-hybridized carbons (Fsp3) is 0.927. The second-order valence-electron chi connectivity index (χ2n) is 18.9. The van der Waals surface area contributed by atoms with Crippen LogP contribution in [0.2, 0.25) is 0 Å². The Hall–Kier alpha value is -1.40. The van der Waals surface area contributed by atoms with Crippen molar-refractivity contribution in [2.45, 2.75) is 315 Å². The van der Waals surface area contributed by atoms with Crippen LogP contribution in [0.25, 0.3) is 0 Å². The van der Waals surface area contributed by atoms with Gasteiger partial charge in [-0.1, -0.05) is 270 Å². The monoisotopic (exact) mass is 862 g/mol. The molecule has 0 aromatic rings. The Morgan fingerprint density at radius 1 is 0.443 bits per heavy atom. The van der Waals surface area contributed by atoms with Gasteiger partial charge in [0, 0.05) is 12.8 Å². The summed E-state index contributed by atoms with van der Waals surface area (Å²) >= 11 is 0. The number of allylic oxidation sites excluding steroid dienone is 1. The molecule has 0 bridgehead atoms. The van der Waals surface area contributed by atoms with Crippen LogP contribution in [0.5, 0.6) is 0 Å². The number of carbonyl (C=O) groups excluding carboxylic acids is 2. The van der Waals surface area contributed by atoms with E-state index >= 15 is 0 Å². The van der Waals surface area contributed by atoms with Gasteiger partial charge in [-0.2, -0.15) is 0 Å². The van der Waals surface area contributed by atoms with Crippen LogP contribution in [0.4, 0.5) is 0 Å². The lowest BCUT2D eigenvalue weighted by Gasteiger charge is -2.20. The van der Waals surface area contributed by atoms with Crippen LogP contribution in [0.15, 0.2) is 12.2 Å². The van der Waals surface area contributed by atoms with Crippen LogP contribution < -0.4 is 5.32 Å². The molecule has 0 fully saturated rings. The maximum Gasteiger partial charge on any atom is 0.305 e. The minimum atomic E-state index is -0.861. The standard InChI is InChI=1S/C55H107NO5/c1-3-5-7-9-11-13-15-17-19-21-22-23-24-26-28-31-35-39-43-47-53(58)52(51-57)56-54(59)48-44-40-36-32-30-34-38-42-46-50-61-55(60)49-45-41-37-33-29-27-25-20-18-16-14-12-10-8-6-4-2/h43,47,52-53,57-58H,3-42,44-46,48-51H2,1-2H3,(H,56,59)/b47-43+. The van der Waals surface area contributed by atoms with Crippen molar-refractivity contribution in [3.63, 3.8) is 0 Å². The van der Waals surface area contributed by atoms with Gasteiger partial charge in [0.2, 0.25) is 5.91 Å². The third kappa shape index (κ3) is 47.9. The number of carbonyl (C=O) groups is 2. The maximum absolute atomic E-state index is 12.5. The van der Waals surface area contributed by atoms with E-state index in [4.69, 9.17) is 4.74 Å². The number of esters is 1. The lowest BCUT2D eigenvalue weighted by atomic mass is 10.0. The fourth-order valence-corrected chi connectivity index (χ4v) is 8.58. The maximum atomic E-state index is 12.5. The molecule has 0 saturated heterocycles. The first-order valence-corrected chi connectivity index (χ1v) is 27.5. The Kier molecular flexibility index (Phi) is 50.1. The Labute approximate surface area is 380 Å². The highest BCUT2D eigenvalue weighted by atomic mass is 16.5. The molecule has 0 rings (SSSR count). The number of aliphatic hydroxyl groups excluding tert-OH is 2. The second-order valence-corrected chi connectivity index (χ2v) is 18.9. The summed E-state index contributed by atoms with van der Waals surface area (Å²) in [7, 11) is 0. The van der Waals surface area contributed by atoms with Crippen molar-refractivity contribution in [2.75, 3.05) is 13.2 Å². The molecule has 1 amide bonds. The predicted octanol–water partition coefficient (Wildman–Crippen LogP) is 16.5. The number of aliphatic hydroxyl groups is 2. The number of amides is 1. The van der Waals surface area contributed by atoms with Crippen molar-refractivity contribution in [3.8, 4) is 0 Å². The van der Waals surface area contributed by atoms with E-state index in [1.807, 2.05) is 6.08 Å². The van der Waals surface area contributed by atoms with Gasteiger partial charge >= 0.3 is 5.97 Å². The van der Waals surface area contributed by atoms with Crippen molar-refractivity contribution >= 4 is 11.9 Å². The molecular formula is C55H107NO5. The molecule has 362 valence electrons. The van der Waals surface area contributed by atoms with E-state index in [0.717, 1.165) is 57.8 Å². The summed E-state index contributed by atoms with van der Waals surface area (Å²) in [6, 6.07) is -0.647. The highest BCUT2D eigenvalue weighted by molar-refractivity contribution is 5.76. The zero-order valence-electron chi connectivity index (χ0n) is 41.2. The first-order chi connectivity index (χ1) is 30.0. The third-order valence-electron chi connectivity index (χ3n) is 12.8. The van der Waals surface area contributed by atoms with Crippen LogP contribution in [0, 0.1) is 0 Å². The molecule has 0 radical (unpaired) electrons. The summed E-state index contributed by atoms with van der Waals surface area (Å²) in [6.45, 7) is 4.86. The summed E-state index contributed by atoms with van der Waals surface area (Å²) in [4.78, 5) is 24.5. The number of rotatable bonds is 51. The SMILES string of the molecule is CCCCCCCCCCCCCCCCCCC/C=C/C(O)C(CO)NC(=O)CCCCCCCCCCCOC(=O)CCCCCCCCCCCCCCCCCC. The molecule has 2 unspecified atom stereocenters. The van der Waals surface area contributed by atoms with Gasteiger partial charge in [-0.25, -0.2) is 0 Å². The zero-order valence-corrected chi connectivity index (χ0v) is 41.2. The summed E-state index contributed by atoms with van der Waals surface area (Å²) in [5.74, 6) is -0.115. The Morgan fingerprint density at radius 2 is 0.754 bits per heavy atom. The molecule has 0 spiro atoms. The molecule has 0 aliphatic heterocycles. The Balaban J connectivity index is 3.50. The zero-order chi connectivity index (χ0) is 44.4. The summed E-state index contributed by atoms with van der Waals surface area (Å²) in [5.41, 5.74) is 0. The molecule has 0 heterocycles. The third-order valence-corrected chi connectivity index (χ3v) is 12.8. The largest absolute Gasteiger partial charge is 0.466 e. The van der Waals surface area contributed by atoms with Crippen LogP contribution in [0.3, 0.4) is 0 Å². The second kappa shape index (κ2) is 51.2. The number of ether oxygens (including phenoxy) is 1. The number of hydrogen-bond acceptors (Lipinski definition) is 5. The van der Waals surface area contributed by atoms with Gasteiger partial charge in [0.25, 0.3) is 0 Å². The Morgan fingerprint density at radius 3 is 1.11 bits per heavy atom. The van der Waals surface area contributed by atoms with E-state index in [9.17, 15) is 19.8 Å². The number of hydrogen-bond donors (Lipinski definition) is 3. The molecule has 0 aliphatic carbocycles. The summed E-state index contributed by atoms with van der Waals surface area (Å²) in [6.07, 6.45) is 59.3.